The van der Waals surface area contributed by atoms with Gasteiger partial charge in [-0.05, 0) is 44.0 Å². The Morgan fingerprint density at radius 3 is 2.81 bits per heavy atom. The monoisotopic (exact) mass is 328 g/mol. The molecule has 1 heterocycles. The van der Waals surface area contributed by atoms with E-state index in [0.717, 1.165) is 25.4 Å². The summed E-state index contributed by atoms with van der Waals surface area (Å²) in [5.41, 5.74) is 2.64. The third-order valence-electron chi connectivity index (χ3n) is 3.88. The van der Waals surface area contributed by atoms with Gasteiger partial charge in [-0.3, -0.25) is 4.79 Å². The van der Waals surface area contributed by atoms with Crippen molar-refractivity contribution < 1.29 is 4.79 Å². The molecule has 0 saturated carbocycles. The van der Waals surface area contributed by atoms with Gasteiger partial charge in [0.1, 0.15) is 0 Å². The lowest BCUT2D eigenvalue weighted by Gasteiger charge is -2.34. The lowest BCUT2D eigenvalue weighted by atomic mass is 10.1. The molecule has 0 spiro atoms. The van der Waals surface area contributed by atoms with Gasteiger partial charge in [-0.25, -0.2) is 0 Å². The van der Waals surface area contributed by atoms with Crippen molar-refractivity contribution in [1.82, 2.24) is 10.2 Å². The van der Waals surface area contributed by atoms with E-state index in [2.05, 4.69) is 44.3 Å². The number of benzene rings is 1. The average Bonchev–Trinajstić information content (AvgIpc) is 2.43. The highest BCUT2D eigenvalue weighted by atomic mass is 35.5. The number of halogens is 1. The van der Waals surface area contributed by atoms with Gasteiger partial charge in [0.25, 0.3) is 0 Å². The molecule has 1 aliphatic rings. The van der Waals surface area contributed by atoms with Crippen molar-refractivity contribution in [3.8, 4) is 0 Å². The Bertz CT molecular complexity index is 481. The maximum Gasteiger partial charge on any atom is 0.223 e. The fraction of sp³-hybridized carbons (Fsp3) is 0.562. The second-order valence-corrected chi connectivity index (χ2v) is 6.65. The Hall–Kier alpha value is -0.710. The van der Waals surface area contributed by atoms with Gasteiger partial charge in [0.2, 0.25) is 5.91 Å². The number of rotatable bonds is 4. The number of hydrogen-bond acceptors (Lipinski definition) is 3. The van der Waals surface area contributed by atoms with Crippen molar-refractivity contribution in [1.29, 1.82) is 0 Å². The summed E-state index contributed by atoms with van der Waals surface area (Å²) >= 11 is 1.77. The van der Waals surface area contributed by atoms with E-state index in [4.69, 9.17) is 0 Å². The molecule has 2 rings (SSSR count). The number of carbonyl (C=O) groups excluding carboxylic acids is 1. The Morgan fingerprint density at radius 1 is 1.38 bits per heavy atom. The Kier molecular flexibility index (Phi) is 7.57. The zero-order valence-corrected chi connectivity index (χ0v) is 14.6. The highest BCUT2D eigenvalue weighted by molar-refractivity contribution is 7.99. The first-order chi connectivity index (χ1) is 9.58. The van der Waals surface area contributed by atoms with Crippen LogP contribution in [0, 0.1) is 13.8 Å². The second-order valence-electron chi connectivity index (χ2n) is 5.48. The summed E-state index contributed by atoms with van der Waals surface area (Å²) in [5.74, 6) is 1.15. The van der Waals surface area contributed by atoms with Crippen molar-refractivity contribution in [3.63, 3.8) is 0 Å². The molecule has 118 valence electrons. The average molecular weight is 329 g/mol. The van der Waals surface area contributed by atoms with E-state index in [-0.39, 0.29) is 18.3 Å². The summed E-state index contributed by atoms with van der Waals surface area (Å²) in [6.45, 7) is 9.04. The quantitative estimate of drug-likeness (QED) is 0.862. The molecule has 1 aromatic rings. The smallest absolute Gasteiger partial charge is 0.223 e. The molecule has 3 nitrogen and oxygen atoms in total. The number of nitrogens with one attached hydrogen (secondary N) is 1. The molecule has 0 aliphatic carbocycles. The van der Waals surface area contributed by atoms with Crippen LogP contribution in [0.4, 0.5) is 0 Å². The zero-order valence-electron chi connectivity index (χ0n) is 13.0. The lowest BCUT2D eigenvalue weighted by Crippen LogP contribution is -2.52. The predicted octanol–water partition coefficient (Wildman–Crippen LogP) is 3.03. The van der Waals surface area contributed by atoms with Crippen LogP contribution in [0.5, 0.6) is 0 Å². The van der Waals surface area contributed by atoms with Gasteiger partial charge in [-0.15, -0.1) is 24.2 Å². The number of amides is 1. The minimum atomic E-state index is 0. The largest absolute Gasteiger partial charge is 0.337 e. The molecule has 1 fully saturated rings. The van der Waals surface area contributed by atoms with E-state index < -0.39 is 0 Å². The van der Waals surface area contributed by atoms with Crippen LogP contribution in [0.25, 0.3) is 0 Å². The van der Waals surface area contributed by atoms with E-state index in [9.17, 15) is 4.79 Å². The topological polar surface area (TPSA) is 32.3 Å². The predicted molar refractivity (Wildman–Crippen MR) is 92.5 cm³/mol. The van der Waals surface area contributed by atoms with Gasteiger partial charge in [-0.1, -0.05) is 6.07 Å². The van der Waals surface area contributed by atoms with Gasteiger partial charge in [0.05, 0.1) is 0 Å². The first kappa shape index (κ1) is 18.3. The number of piperazine rings is 1. The molecule has 1 unspecified atom stereocenters. The van der Waals surface area contributed by atoms with Crippen LogP contribution in [0.2, 0.25) is 0 Å². The fourth-order valence-corrected chi connectivity index (χ4v) is 3.35. The van der Waals surface area contributed by atoms with Crippen molar-refractivity contribution >= 4 is 30.1 Å². The first-order valence-corrected chi connectivity index (χ1v) is 8.26. The van der Waals surface area contributed by atoms with Crippen LogP contribution >= 0.6 is 24.2 Å². The number of thioether (sulfide) groups is 1. The van der Waals surface area contributed by atoms with Gasteiger partial charge in [0.15, 0.2) is 0 Å². The molecule has 0 aromatic heterocycles. The van der Waals surface area contributed by atoms with Gasteiger partial charge >= 0.3 is 0 Å². The maximum absolute atomic E-state index is 12.2. The van der Waals surface area contributed by atoms with E-state index in [0.29, 0.717) is 12.5 Å². The highest BCUT2D eigenvalue weighted by Crippen LogP contribution is 2.22. The van der Waals surface area contributed by atoms with Crippen LogP contribution in [0.15, 0.2) is 23.1 Å². The molecule has 21 heavy (non-hydrogen) atoms. The molecule has 1 aliphatic heterocycles. The zero-order chi connectivity index (χ0) is 14.5. The van der Waals surface area contributed by atoms with Gasteiger partial charge < -0.3 is 10.2 Å². The molecule has 1 atom stereocenters. The van der Waals surface area contributed by atoms with Crippen molar-refractivity contribution in [2.45, 2.75) is 38.1 Å². The fourth-order valence-electron chi connectivity index (χ4n) is 2.42. The van der Waals surface area contributed by atoms with Crippen molar-refractivity contribution in [2.75, 3.05) is 25.4 Å². The molecule has 0 radical (unpaired) electrons. The maximum atomic E-state index is 12.2. The number of hydrogen-bond donors (Lipinski definition) is 1. The number of aryl methyl sites for hydroxylation is 2. The lowest BCUT2D eigenvalue weighted by molar-refractivity contribution is -0.133. The summed E-state index contributed by atoms with van der Waals surface area (Å²) in [6, 6.07) is 6.82. The van der Waals surface area contributed by atoms with E-state index in [1.54, 1.807) is 11.8 Å². The summed E-state index contributed by atoms with van der Waals surface area (Å²) in [4.78, 5) is 15.5. The van der Waals surface area contributed by atoms with Crippen molar-refractivity contribution in [2.24, 2.45) is 0 Å². The minimum Gasteiger partial charge on any atom is -0.337 e. The van der Waals surface area contributed by atoms with Crippen LogP contribution < -0.4 is 5.32 Å². The van der Waals surface area contributed by atoms with Crippen LogP contribution in [0.1, 0.15) is 24.5 Å². The van der Waals surface area contributed by atoms with Crippen LogP contribution in [0.3, 0.4) is 0 Å². The summed E-state index contributed by atoms with van der Waals surface area (Å²) < 4.78 is 0. The van der Waals surface area contributed by atoms with Crippen LogP contribution in [-0.4, -0.2) is 42.2 Å². The molecular weight excluding hydrogens is 304 g/mol. The van der Waals surface area contributed by atoms with Gasteiger partial charge in [-0.2, -0.15) is 0 Å². The summed E-state index contributed by atoms with van der Waals surface area (Å²) in [5, 5.41) is 3.31. The van der Waals surface area contributed by atoms with Crippen LogP contribution in [-0.2, 0) is 4.79 Å². The Morgan fingerprint density at radius 2 is 2.14 bits per heavy atom. The van der Waals surface area contributed by atoms with E-state index in [1.165, 1.54) is 16.0 Å². The molecule has 1 aromatic carbocycles. The summed E-state index contributed by atoms with van der Waals surface area (Å²) in [6.07, 6.45) is 0.627. The molecular formula is C16H25ClN2OS. The number of nitrogens with zero attached hydrogens (tertiary/aromatic N) is 1. The SMILES string of the molecule is Cc1ccc(SCCC(=O)N2CCNCC2C)cc1C.Cl. The van der Waals surface area contributed by atoms with Crippen molar-refractivity contribution in [3.05, 3.63) is 29.3 Å². The van der Waals surface area contributed by atoms with Gasteiger partial charge in [0, 0.05) is 42.7 Å². The first-order valence-electron chi connectivity index (χ1n) is 7.28. The number of carbonyl (C=O) groups is 1. The highest BCUT2D eigenvalue weighted by Gasteiger charge is 2.22. The molecule has 1 amide bonds. The molecule has 1 saturated heterocycles. The Labute approximate surface area is 138 Å². The normalized spacial score (nSPS) is 18.2. The third-order valence-corrected chi connectivity index (χ3v) is 4.88. The second kappa shape index (κ2) is 8.66. The molecule has 0 bridgehead atoms. The molecule has 1 N–H and O–H groups in total. The van der Waals surface area contributed by atoms with E-state index in [1.807, 2.05) is 4.90 Å². The standard InChI is InChI=1S/C16H24N2OS.ClH/c1-12-4-5-15(10-13(12)2)20-9-6-16(19)18-8-7-17-11-14(18)3;/h4-5,10,14,17H,6-9,11H2,1-3H3;1H. The summed E-state index contributed by atoms with van der Waals surface area (Å²) in [7, 11) is 0. The Balaban J connectivity index is 0.00000220. The third kappa shape index (κ3) is 5.20. The molecule has 5 heteroatoms. The minimum absolute atomic E-state index is 0. The van der Waals surface area contributed by atoms with E-state index >= 15 is 0 Å².